The molecule has 58 heavy (non-hydrogen) atoms. The smallest absolute Gasteiger partial charge is 0.124 e. The van der Waals surface area contributed by atoms with Gasteiger partial charge in [0.2, 0.25) is 0 Å². The average molecular weight is 755 g/mol. The van der Waals surface area contributed by atoms with Crippen LogP contribution in [0, 0.1) is 0 Å². The second-order valence-corrected chi connectivity index (χ2v) is 13.7. The molecule has 0 aliphatic rings. The van der Waals surface area contributed by atoms with Crippen LogP contribution in [0.25, 0.3) is 43.1 Å². The first-order chi connectivity index (χ1) is 28.4. The molecule has 8 heteroatoms. The molecule has 0 unspecified atom stereocenters. The maximum Gasteiger partial charge on any atom is 0.124 e. The molecule has 278 valence electrons. The van der Waals surface area contributed by atoms with E-state index >= 15 is 0 Å². The molecule has 0 aromatic heterocycles. The van der Waals surface area contributed by atoms with Gasteiger partial charge >= 0.3 is 0 Å². The number of aromatic hydroxyl groups is 4. The Morgan fingerprint density at radius 1 is 0.276 bits per heavy atom. The van der Waals surface area contributed by atoms with Crippen molar-refractivity contribution >= 4 is 90.7 Å². The predicted octanol–water partition coefficient (Wildman–Crippen LogP) is 12.1. The van der Waals surface area contributed by atoms with Crippen molar-refractivity contribution in [1.29, 1.82) is 0 Å². The summed E-state index contributed by atoms with van der Waals surface area (Å²) in [5.74, 6) is 0.255. The van der Waals surface area contributed by atoms with Gasteiger partial charge in [0.25, 0.3) is 0 Å². The monoisotopic (exact) mass is 754 g/mol. The molecule has 4 N–H and O–H groups in total. The minimum atomic E-state index is 0.0639. The summed E-state index contributed by atoms with van der Waals surface area (Å²) in [5, 5.41) is 51.0. The van der Waals surface area contributed by atoms with E-state index < -0.39 is 0 Å². The molecule has 8 nitrogen and oxygen atoms in total. The molecule has 0 spiro atoms. The first-order valence-corrected chi connectivity index (χ1v) is 18.6. The number of nitrogens with zero attached hydrogens (tertiary/aromatic N) is 4. The van der Waals surface area contributed by atoms with E-state index in [1.807, 2.05) is 121 Å². The Labute approximate surface area is 333 Å². The lowest BCUT2D eigenvalue weighted by atomic mass is 10.0. The highest BCUT2D eigenvalue weighted by Crippen LogP contribution is 2.42. The van der Waals surface area contributed by atoms with Crippen molar-refractivity contribution in [1.82, 2.24) is 0 Å². The molecule has 0 fully saturated rings. The summed E-state index contributed by atoms with van der Waals surface area (Å²) in [6.45, 7) is 0. The van der Waals surface area contributed by atoms with Crippen molar-refractivity contribution < 1.29 is 20.4 Å². The first-order valence-electron chi connectivity index (χ1n) is 18.6. The summed E-state index contributed by atoms with van der Waals surface area (Å²) in [4.78, 5) is 19.6. The Balaban J connectivity index is 1.26. The van der Waals surface area contributed by atoms with E-state index in [1.54, 1.807) is 61.3 Å². The van der Waals surface area contributed by atoms with E-state index in [4.69, 9.17) is 20.0 Å². The van der Waals surface area contributed by atoms with Crippen LogP contribution in [-0.4, -0.2) is 45.3 Å². The number of hydrogen-bond acceptors (Lipinski definition) is 8. The van der Waals surface area contributed by atoms with Crippen molar-refractivity contribution in [3.8, 4) is 23.0 Å². The molecule has 9 aromatic carbocycles. The summed E-state index contributed by atoms with van der Waals surface area (Å²) in [6, 6.07) is 48.4. The van der Waals surface area contributed by atoms with E-state index in [9.17, 15) is 20.4 Å². The third-order valence-corrected chi connectivity index (χ3v) is 10.2. The largest absolute Gasteiger partial charge is 0.507 e. The number of phenolic OH excluding ortho intramolecular Hbond substituents is 4. The number of phenols is 4. The van der Waals surface area contributed by atoms with Crippen LogP contribution in [-0.2, 0) is 0 Å². The summed E-state index contributed by atoms with van der Waals surface area (Å²) in [6.07, 6.45) is 6.40. The maximum absolute atomic E-state index is 11.0. The van der Waals surface area contributed by atoms with Gasteiger partial charge in [0, 0.05) is 47.1 Å². The second kappa shape index (κ2) is 15.2. The highest BCUT2D eigenvalue weighted by atomic mass is 16.3. The minimum absolute atomic E-state index is 0.0639. The lowest BCUT2D eigenvalue weighted by Crippen LogP contribution is -1.88. The predicted molar refractivity (Wildman–Crippen MR) is 238 cm³/mol. The van der Waals surface area contributed by atoms with E-state index in [1.165, 1.54) is 0 Å². The quantitative estimate of drug-likeness (QED) is 0.115. The Kier molecular flexibility index (Phi) is 9.33. The van der Waals surface area contributed by atoms with Crippen LogP contribution >= 0.6 is 0 Å². The number of aliphatic imine (C=N–C) groups is 4. The molecule has 0 saturated carbocycles. The fourth-order valence-corrected chi connectivity index (χ4v) is 7.18. The molecule has 0 saturated heterocycles. The molecule has 0 radical (unpaired) electrons. The van der Waals surface area contributed by atoms with Crippen LogP contribution in [0.5, 0.6) is 23.0 Å². The fourth-order valence-electron chi connectivity index (χ4n) is 7.18. The van der Waals surface area contributed by atoms with E-state index in [0.717, 1.165) is 43.1 Å². The van der Waals surface area contributed by atoms with Gasteiger partial charge in [-0.05, 0) is 79.5 Å². The molecule has 9 rings (SSSR count). The highest BCUT2D eigenvalue weighted by Gasteiger charge is 2.13. The number of hydrogen-bond donors (Lipinski definition) is 4. The van der Waals surface area contributed by atoms with Crippen LogP contribution in [0.2, 0.25) is 0 Å². The summed E-state index contributed by atoms with van der Waals surface area (Å²) in [5.41, 5.74) is 3.68. The Bertz CT molecular complexity index is 2760. The van der Waals surface area contributed by atoms with Gasteiger partial charge in [-0.2, -0.15) is 0 Å². The van der Waals surface area contributed by atoms with Crippen LogP contribution in [0.15, 0.2) is 178 Å². The molecule has 0 bridgehead atoms. The van der Waals surface area contributed by atoms with Gasteiger partial charge in [0.1, 0.15) is 23.0 Å². The molecule has 0 aliphatic heterocycles. The second-order valence-electron chi connectivity index (χ2n) is 13.7. The van der Waals surface area contributed by atoms with Crippen LogP contribution in [0.4, 0.5) is 22.7 Å². The van der Waals surface area contributed by atoms with Gasteiger partial charge in [0.15, 0.2) is 0 Å². The molecular formula is C50H34N4O4. The normalized spacial score (nSPS) is 12.1. The van der Waals surface area contributed by atoms with Crippen LogP contribution in [0.1, 0.15) is 22.3 Å². The molecular weight excluding hydrogens is 721 g/mol. The van der Waals surface area contributed by atoms with E-state index in [-0.39, 0.29) is 23.0 Å². The van der Waals surface area contributed by atoms with Gasteiger partial charge in [-0.3, -0.25) is 20.0 Å². The molecule has 9 aromatic rings. The maximum atomic E-state index is 11.0. The highest BCUT2D eigenvalue weighted by molar-refractivity contribution is 6.07. The van der Waals surface area contributed by atoms with Crippen molar-refractivity contribution in [3.05, 3.63) is 180 Å². The van der Waals surface area contributed by atoms with Crippen molar-refractivity contribution in [2.45, 2.75) is 0 Å². The summed E-state index contributed by atoms with van der Waals surface area (Å²) >= 11 is 0. The van der Waals surface area contributed by atoms with E-state index in [0.29, 0.717) is 45.0 Å². The lowest BCUT2D eigenvalue weighted by molar-refractivity contribution is 0.475. The van der Waals surface area contributed by atoms with Gasteiger partial charge in [-0.15, -0.1) is 0 Å². The average Bonchev–Trinajstić information content (AvgIpc) is 3.25. The Hall–Kier alpha value is -8.10. The summed E-state index contributed by atoms with van der Waals surface area (Å²) < 4.78 is 0. The Morgan fingerprint density at radius 3 is 0.741 bits per heavy atom. The molecule has 0 amide bonds. The molecule has 0 aliphatic carbocycles. The third-order valence-electron chi connectivity index (χ3n) is 10.2. The number of benzene rings is 9. The number of fused-ring (bicyclic) bond motifs is 4. The van der Waals surface area contributed by atoms with Crippen molar-refractivity contribution in [3.63, 3.8) is 0 Å². The number of rotatable bonds is 8. The zero-order valence-corrected chi connectivity index (χ0v) is 30.9. The Morgan fingerprint density at radius 2 is 0.500 bits per heavy atom. The zero-order valence-electron chi connectivity index (χ0n) is 30.9. The van der Waals surface area contributed by atoms with Crippen molar-refractivity contribution in [2.24, 2.45) is 20.0 Å². The standard InChI is InChI=1S/C50H34N4O4/c55-47-21-17-31-9-1-5-13-35(31)39(47)27-51-43-25-45(53-29-41-37-15-7-3-11-33(37)19-23-49(41)57)46(54-30-42-38-16-8-4-12-34(38)20-24-50(42)58)26-44(43)52-28-40-36-14-6-2-10-32(36)18-22-48(40)56/h1-30,55-58H. The molecule has 0 atom stereocenters. The van der Waals surface area contributed by atoms with Gasteiger partial charge in [0.05, 0.1) is 22.7 Å². The topological polar surface area (TPSA) is 130 Å². The zero-order chi connectivity index (χ0) is 39.6. The minimum Gasteiger partial charge on any atom is -0.507 e. The van der Waals surface area contributed by atoms with Gasteiger partial charge in [-0.1, -0.05) is 121 Å². The third kappa shape index (κ3) is 6.86. The van der Waals surface area contributed by atoms with Crippen LogP contribution in [0.3, 0.4) is 0 Å². The summed E-state index contributed by atoms with van der Waals surface area (Å²) in [7, 11) is 0. The fraction of sp³-hybridized carbons (Fsp3) is 0. The lowest BCUT2D eigenvalue weighted by Gasteiger charge is -2.10. The van der Waals surface area contributed by atoms with Gasteiger partial charge in [-0.25, -0.2) is 0 Å². The first kappa shape index (κ1) is 35.6. The van der Waals surface area contributed by atoms with Gasteiger partial charge < -0.3 is 20.4 Å². The van der Waals surface area contributed by atoms with Crippen molar-refractivity contribution in [2.75, 3.05) is 0 Å². The van der Waals surface area contributed by atoms with Crippen LogP contribution < -0.4 is 0 Å². The SMILES string of the molecule is Oc1ccc2ccccc2c1C=Nc1cc(N=Cc2c(O)ccc3ccccc23)c(N=Cc2c(O)ccc3ccccc23)cc1N=Cc1c(O)ccc2ccccc12. The molecule has 0 heterocycles. The van der Waals surface area contributed by atoms with E-state index in [2.05, 4.69) is 0 Å².